The van der Waals surface area contributed by atoms with Crippen molar-refractivity contribution in [3.8, 4) is 11.6 Å². The summed E-state index contributed by atoms with van der Waals surface area (Å²) >= 11 is 0. The molecule has 0 aliphatic rings. The van der Waals surface area contributed by atoms with Crippen LogP contribution in [-0.4, -0.2) is 29.1 Å². The Morgan fingerprint density at radius 3 is 2.60 bits per heavy atom. The predicted molar refractivity (Wildman–Crippen MR) is 71.5 cm³/mol. The van der Waals surface area contributed by atoms with E-state index >= 15 is 0 Å². The number of nitrogens with zero attached hydrogens (tertiary/aromatic N) is 2. The highest BCUT2D eigenvalue weighted by Gasteiger charge is 2.26. The van der Waals surface area contributed by atoms with Crippen LogP contribution in [0.15, 0.2) is 18.2 Å². The predicted octanol–water partition coefficient (Wildman–Crippen LogP) is 1.97. The number of hydrogen-bond acceptors (Lipinski definition) is 4. The second kappa shape index (κ2) is 5.50. The molecule has 108 valence electrons. The molecule has 1 atom stereocenters. The molecule has 1 aromatic heterocycles. The molecule has 0 saturated heterocycles. The minimum Gasteiger partial charge on any atom is -0.494 e. The standard InChI is InChI=1S/C14H17FN2O3/c1-8-11(14(20-4)17(2)16-8)13(18)9-6-5-7-10(19-3)12(9)15/h5-7,13,18H,1-4H3. The van der Waals surface area contributed by atoms with E-state index in [1.807, 2.05) is 0 Å². The van der Waals surface area contributed by atoms with E-state index in [4.69, 9.17) is 9.47 Å². The van der Waals surface area contributed by atoms with Gasteiger partial charge in [-0.1, -0.05) is 12.1 Å². The van der Waals surface area contributed by atoms with Crippen molar-refractivity contribution in [1.29, 1.82) is 0 Å². The van der Waals surface area contributed by atoms with Crippen molar-refractivity contribution in [2.45, 2.75) is 13.0 Å². The third-order valence-electron chi connectivity index (χ3n) is 3.19. The van der Waals surface area contributed by atoms with E-state index in [2.05, 4.69) is 5.10 Å². The molecule has 1 N–H and O–H groups in total. The fourth-order valence-electron chi connectivity index (χ4n) is 2.26. The number of aryl methyl sites for hydroxylation is 2. The molecule has 0 amide bonds. The molecule has 2 rings (SSSR count). The van der Waals surface area contributed by atoms with Gasteiger partial charge < -0.3 is 14.6 Å². The summed E-state index contributed by atoms with van der Waals surface area (Å²) in [4.78, 5) is 0. The van der Waals surface area contributed by atoms with E-state index in [1.54, 1.807) is 20.0 Å². The van der Waals surface area contributed by atoms with Gasteiger partial charge in [0.2, 0.25) is 5.88 Å². The Bertz CT molecular complexity index is 625. The topological polar surface area (TPSA) is 56.5 Å². The fraction of sp³-hybridized carbons (Fsp3) is 0.357. The molecule has 2 aromatic rings. The SMILES string of the molecule is COc1cccc(C(O)c2c(C)nn(C)c2OC)c1F. The average molecular weight is 280 g/mol. The summed E-state index contributed by atoms with van der Waals surface area (Å²) in [6, 6.07) is 4.63. The number of rotatable bonds is 4. The van der Waals surface area contributed by atoms with E-state index in [0.717, 1.165) is 0 Å². The Balaban J connectivity index is 2.54. The summed E-state index contributed by atoms with van der Waals surface area (Å²) in [5.74, 6) is -0.105. The molecule has 0 bridgehead atoms. The molecule has 1 heterocycles. The van der Waals surface area contributed by atoms with Crippen LogP contribution in [-0.2, 0) is 7.05 Å². The van der Waals surface area contributed by atoms with Gasteiger partial charge in [-0.3, -0.25) is 0 Å². The molecular weight excluding hydrogens is 263 g/mol. The first-order valence-electron chi connectivity index (χ1n) is 6.09. The van der Waals surface area contributed by atoms with Gasteiger partial charge in [0.1, 0.15) is 6.10 Å². The van der Waals surface area contributed by atoms with Gasteiger partial charge in [-0.2, -0.15) is 5.10 Å². The van der Waals surface area contributed by atoms with Gasteiger partial charge in [0.25, 0.3) is 0 Å². The molecule has 0 aliphatic heterocycles. The Morgan fingerprint density at radius 2 is 2.00 bits per heavy atom. The Labute approximate surface area is 116 Å². The molecule has 6 heteroatoms. The number of ether oxygens (including phenoxy) is 2. The molecule has 0 saturated carbocycles. The van der Waals surface area contributed by atoms with Crippen molar-refractivity contribution >= 4 is 0 Å². The van der Waals surface area contributed by atoms with Gasteiger partial charge >= 0.3 is 0 Å². The third-order valence-corrected chi connectivity index (χ3v) is 3.19. The highest BCUT2D eigenvalue weighted by molar-refractivity contribution is 5.42. The Kier molecular flexibility index (Phi) is 3.94. The number of aliphatic hydroxyl groups is 1. The summed E-state index contributed by atoms with van der Waals surface area (Å²) < 4.78 is 25.9. The van der Waals surface area contributed by atoms with Gasteiger partial charge in [0, 0.05) is 12.6 Å². The zero-order valence-corrected chi connectivity index (χ0v) is 11.8. The minimum absolute atomic E-state index is 0.0852. The summed E-state index contributed by atoms with van der Waals surface area (Å²) in [7, 11) is 4.56. The lowest BCUT2D eigenvalue weighted by Gasteiger charge is -2.15. The summed E-state index contributed by atoms with van der Waals surface area (Å²) in [6.07, 6.45) is -1.17. The largest absolute Gasteiger partial charge is 0.494 e. The molecular formula is C14H17FN2O3. The van der Waals surface area contributed by atoms with E-state index in [9.17, 15) is 9.50 Å². The van der Waals surface area contributed by atoms with Crippen LogP contribution in [0.1, 0.15) is 22.9 Å². The van der Waals surface area contributed by atoms with Crippen molar-refractivity contribution < 1.29 is 19.0 Å². The number of halogens is 1. The number of hydrogen-bond donors (Lipinski definition) is 1. The van der Waals surface area contributed by atoms with Gasteiger partial charge in [0.05, 0.1) is 25.5 Å². The van der Waals surface area contributed by atoms with Crippen molar-refractivity contribution in [2.24, 2.45) is 7.05 Å². The monoisotopic (exact) mass is 280 g/mol. The molecule has 0 fully saturated rings. The second-order valence-electron chi connectivity index (χ2n) is 4.40. The molecule has 1 unspecified atom stereocenters. The first-order chi connectivity index (χ1) is 9.51. The number of benzene rings is 1. The smallest absolute Gasteiger partial charge is 0.217 e. The summed E-state index contributed by atoms with van der Waals surface area (Å²) in [5.41, 5.74) is 1.15. The molecule has 5 nitrogen and oxygen atoms in total. The number of aliphatic hydroxyl groups excluding tert-OH is 1. The highest BCUT2D eigenvalue weighted by atomic mass is 19.1. The molecule has 1 aromatic carbocycles. The van der Waals surface area contributed by atoms with Gasteiger partial charge in [0.15, 0.2) is 11.6 Å². The average Bonchev–Trinajstić information content (AvgIpc) is 2.72. The number of aromatic nitrogens is 2. The maximum Gasteiger partial charge on any atom is 0.217 e. The highest BCUT2D eigenvalue weighted by Crippen LogP contribution is 2.35. The van der Waals surface area contributed by atoms with Crippen molar-refractivity contribution in [2.75, 3.05) is 14.2 Å². The summed E-state index contributed by atoms with van der Waals surface area (Å²) in [5, 5.41) is 14.6. The maximum absolute atomic E-state index is 14.2. The molecule has 0 aliphatic carbocycles. The van der Waals surface area contributed by atoms with Crippen molar-refractivity contribution in [3.05, 3.63) is 40.8 Å². The van der Waals surface area contributed by atoms with Crippen molar-refractivity contribution in [1.82, 2.24) is 9.78 Å². The van der Waals surface area contributed by atoms with E-state index in [0.29, 0.717) is 17.1 Å². The Hall–Kier alpha value is -2.08. The summed E-state index contributed by atoms with van der Waals surface area (Å²) in [6.45, 7) is 1.74. The lowest BCUT2D eigenvalue weighted by Crippen LogP contribution is -2.06. The lowest BCUT2D eigenvalue weighted by atomic mass is 10.0. The Morgan fingerprint density at radius 1 is 1.30 bits per heavy atom. The minimum atomic E-state index is -1.17. The van der Waals surface area contributed by atoms with Gasteiger partial charge in [-0.05, 0) is 13.0 Å². The quantitative estimate of drug-likeness (QED) is 0.930. The first kappa shape index (κ1) is 14.3. The molecule has 20 heavy (non-hydrogen) atoms. The van der Waals surface area contributed by atoms with E-state index in [1.165, 1.54) is 31.0 Å². The van der Waals surface area contributed by atoms with Crippen LogP contribution < -0.4 is 9.47 Å². The van der Waals surface area contributed by atoms with Crippen LogP contribution in [0.3, 0.4) is 0 Å². The maximum atomic E-state index is 14.2. The van der Waals surface area contributed by atoms with Gasteiger partial charge in [-0.25, -0.2) is 9.07 Å². The third kappa shape index (κ3) is 2.22. The fourth-order valence-corrected chi connectivity index (χ4v) is 2.26. The van der Waals surface area contributed by atoms with Crippen molar-refractivity contribution in [3.63, 3.8) is 0 Å². The van der Waals surface area contributed by atoms with Crippen LogP contribution >= 0.6 is 0 Å². The first-order valence-corrected chi connectivity index (χ1v) is 6.09. The zero-order chi connectivity index (χ0) is 14.9. The second-order valence-corrected chi connectivity index (χ2v) is 4.40. The molecule has 0 radical (unpaired) electrons. The lowest BCUT2D eigenvalue weighted by molar-refractivity contribution is 0.206. The van der Waals surface area contributed by atoms with Crippen LogP contribution in [0, 0.1) is 12.7 Å². The van der Waals surface area contributed by atoms with Gasteiger partial charge in [-0.15, -0.1) is 0 Å². The van der Waals surface area contributed by atoms with E-state index in [-0.39, 0.29) is 11.3 Å². The van der Waals surface area contributed by atoms with Crippen LogP contribution in [0.4, 0.5) is 4.39 Å². The van der Waals surface area contributed by atoms with Crippen LogP contribution in [0.25, 0.3) is 0 Å². The number of methoxy groups -OCH3 is 2. The van der Waals surface area contributed by atoms with Crippen LogP contribution in [0.2, 0.25) is 0 Å². The zero-order valence-electron chi connectivity index (χ0n) is 11.8. The normalized spacial score (nSPS) is 12.3. The van der Waals surface area contributed by atoms with E-state index < -0.39 is 11.9 Å². The molecule has 0 spiro atoms. The van der Waals surface area contributed by atoms with Crippen LogP contribution in [0.5, 0.6) is 11.6 Å².